The van der Waals surface area contributed by atoms with Crippen molar-refractivity contribution in [1.82, 2.24) is 0 Å². The van der Waals surface area contributed by atoms with Crippen molar-refractivity contribution >= 4 is 110 Å². The molecule has 3 aromatic carbocycles. The van der Waals surface area contributed by atoms with E-state index >= 15 is 0 Å². The first kappa shape index (κ1) is 85.9. The summed E-state index contributed by atoms with van der Waals surface area (Å²) >= 11 is 14.6. The third kappa shape index (κ3) is 49.5. The molecule has 0 aliphatic carbocycles. The minimum atomic E-state index is -2.84. The Kier molecular flexibility index (Phi) is 89.6. The van der Waals surface area contributed by atoms with Gasteiger partial charge in [0.25, 0.3) is 0 Å². The summed E-state index contributed by atoms with van der Waals surface area (Å²) in [4.78, 5) is 0. The third-order valence-electron chi connectivity index (χ3n) is 12.2. The van der Waals surface area contributed by atoms with Crippen LogP contribution in [0.5, 0.6) is 0 Å². The Morgan fingerprint density at radius 2 is 0.397 bits per heavy atom. The van der Waals surface area contributed by atoms with Crippen molar-refractivity contribution in [3.63, 3.8) is 0 Å². The summed E-state index contributed by atoms with van der Waals surface area (Å²) < 4.78 is 13.8. The number of benzene rings is 3. The molecule has 0 amide bonds. The number of hydrogen-bond acceptors (Lipinski definition) is 1. The summed E-state index contributed by atoms with van der Waals surface area (Å²) in [6.07, 6.45) is 26.2. The van der Waals surface area contributed by atoms with Crippen molar-refractivity contribution in [2.75, 3.05) is 111 Å². The minimum absolute atomic E-state index is 0.137. The molecule has 0 aliphatic heterocycles. The van der Waals surface area contributed by atoms with Crippen LogP contribution in [0.25, 0.3) is 0 Å². The normalized spacial score (nSPS) is 9.96. The molecule has 0 fully saturated rings. The van der Waals surface area contributed by atoms with E-state index in [0.717, 1.165) is 15.9 Å². The molecular formula is C54H108Br3OP7Pt3+6. The van der Waals surface area contributed by atoms with Crippen LogP contribution in [0.1, 0.15) is 125 Å². The second kappa shape index (κ2) is 71.0. The van der Waals surface area contributed by atoms with Gasteiger partial charge in [-0.1, -0.05) is 15.9 Å². The van der Waals surface area contributed by atoms with E-state index in [2.05, 4.69) is 183 Å². The predicted molar refractivity (Wildman–Crippen MR) is 349 cm³/mol. The monoisotopic (exact) mass is 1810 g/mol. The fraction of sp³-hybridized carbons (Fsp3) is 0.667. The van der Waals surface area contributed by atoms with Gasteiger partial charge in [0.1, 0.15) is 7.14 Å². The molecule has 410 valence electrons. The van der Waals surface area contributed by atoms with Gasteiger partial charge in [-0.05, 0) is 172 Å². The van der Waals surface area contributed by atoms with E-state index in [1.807, 2.05) is 89.7 Å². The van der Waals surface area contributed by atoms with Crippen LogP contribution in [0, 0.1) is 18.2 Å². The summed E-state index contributed by atoms with van der Waals surface area (Å²) in [6.45, 7) is 41.5. The Morgan fingerprint density at radius 1 is 0.294 bits per heavy atom. The van der Waals surface area contributed by atoms with Gasteiger partial charge in [-0.15, -0.1) is 0 Å². The number of halogens is 3. The second-order valence-corrected chi connectivity index (χ2v) is 39.7. The molecule has 0 saturated carbocycles. The van der Waals surface area contributed by atoms with Crippen molar-refractivity contribution in [2.45, 2.75) is 125 Å². The van der Waals surface area contributed by atoms with Gasteiger partial charge in [0.15, 0.2) is 0 Å². The predicted octanol–water partition coefficient (Wildman–Crippen LogP) is 18.8. The van der Waals surface area contributed by atoms with Gasteiger partial charge in [0.05, 0.1) is 111 Å². The van der Waals surface area contributed by atoms with Crippen LogP contribution in [0.15, 0.2) is 72.8 Å². The van der Waals surface area contributed by atoms with Crippen molar-refractivity contribution in [3.05, 3.63) is 91.0 Å². The molecule has 0 spiro atoms. The van der Waals surface area contributed by atoms with Crippen LogP contribution in [0.4, 0.5) is 0 Å². The molecule has 0 saturated heterocycles. The maximum atomic E-state index is 13.8. The fourth-order valence-corrected chi connectivity index (χ4v) is 18.3. The van der Waals surface area contributed by atoms with Gasteiger partial charge in [-0.3, -0.25) is 0 Å². The molecule has 1 nitrogen and oxygen atoms in total. The molecule has 0 N–H and O–H groups in total. The first-order valence-electron chi connectivity index (χ1n) is 25.8. The van der Waals surface area contributed by atoms with Gasteiger partial charge in [0.2, 0.25) is 0 Å². The van der Waals surface area contributed by atoms with Gasteiger partial charge in [-0.2, -0.15) is 91.0 Å². The molecule has 0 unspecified atom stereocenters. The van der Waals surface area contributed by atoms with Gasteiger partial charge in [-0.25, -0.2) is 0 Å². The molecule has 0 atom stereocenters. The molecule has 0 aromatic heterocycles. The van der Waals surface area contributed by atoms with Gasteiger partial charge >= 0.3 is 93.2 Å². The van der Waals surface area contributed by atoms with E-state index in [1.54, 1.807) is 36.4 Å². The second-order valence-electron chi connectivity index (χ2n) is 15.2. The fourth-order valence-electron chi connectivity index (χ4n) is 6.71. The molecule has 3 aromatic rings. The van der Waals surface area contributed by atoms with Gasteiger partial charge in [0, 0.05) is 0 Å². The standard InChI is InChI=1S/C18H12OP.6C6H15P.3BrH.3Pt/c19-20(16-10-4-1-5-11-16,17-12-6-2-7-13-17)18-14-8-3-9-15-18;6*1-4-7(5-2)6-3;;;;;;/h4-15H;6*4-6H2,1-3H3;3*1H;;;/q-3;;;;;;;;;;3*+2/p+3. The average molecular weight is 1820 g/mol. The first-order valence-corrected chi connectivity index (χ1v) is 55.1. The molecule has 14 heteroatoms. The van der Waals surface area contributed by atoms with Crippen LogP contribution >= 0.6 is 94.6 Å². The zero-order valence-corrected chi connectivity index (χ0v) is 65.1. The topological polar surface area (TPSA) is 17.1 Å². The van der Waals surface area contributed by atoms with Crippen molar-refractivity contribution in [3.8, 4) is 0 Å². The van der Waals surface area contributed by atoms with E-state index in [1.165, 1.54) is 111 Å². The quantitative estimate of drug-likeness (QED) is 0.0767. The average Bonchev–Trinajstić information content (AvgIpc) is 3.43. The zero-order chi connectivity index (χ0) is 54.0. The summed E-state index contributed by atoms with van der Waals surface area (Å²) in [5.41, 5.74) is 0. The van der Waals surface area contributed by atoms with E-state index < -0.39 is 7.14 Å². The molecule has 0 heterocycles. The summed E-state index contributed by atoms with van der Waals surface area (Å²) in [6, 6.07) is 30.9. The maximum absolute atomic E-state index is 13.8. The Balaban J connectivity index is -0.000000133. The van der Waals surface area contributed by atoms with Crippen molar-refractivity contribution in [2.24, 2.45) is 0 Å². The molecule has 0 aliphatic rings. The van der Waals surface area contributed by atoms with Gasteiger partial charge < -0.3 is 4.57 Å². The van der Waals surface area contributed by atoms with E-state index in [-0.39, 0.29) is 47.5 Å². The summed E-state index contributed by atoms with van der Waals surface area (Å²) in [7, 11) is -2.01. The van der Waals surface area contributed by atoms with E-state index in [4.69, 9.17) is 0 Å². The number of rotatable bonds is 21. The summed E-state index contributed by atoms with van der Waals surface area (Å²) in [5.74, 6) is 0. The van der Waals surface area contributed by atoms with Crippen LogP contribution < -0.4 is 15.9 Å². The Morgan fingerprint density at radius 3 is 0.471 bits per heavy atom. The number of hydrogen-bond donors (Lipinski definition) is 0. The van der Waals surface area contributed by atoms with Crippen molar-refractivity contribution in [1.29, 1.82) is 0 Å². The Labute approximate surface area is 489 Å². The molecule has 0 bridgehead atoms. The van der Waals surface area contributed by atoms with E-state index in [9.17, 15) is 4.57 Å². The third-order valence-corrected chi connectivity index (χ3v) is 33.3. The summed E-state index contributed by atoms with van der Waals surface area (Å²) in [5, 5.41) is 2.44. The first-order chi connectivity index (χ1) is 32.9. The SMILES string of the molecule is CC[PH+](CC)CC.CC[PH+](CC)CC.CC[PH+](CC)CC.CC[PH+](CC)CC.CC[PH+](CC)CC.CC[PH+](CC)CC.O=P(c1cc[c-]cc1)(c1cc[c-]cc1)c1cc[c-]cc1.[Br][Pt+].[Br][Pt+].[Br][Pt+]. The van der Waals surface area contributed by atoms with Crippen LogP contribution in [-0.4, -0.2) is 111 Å². The molecule has 68 heavy (non-hydrogen) atoms. The zero-order valence-electron chi connectivity index (χ0n) is 46.6. The van der Waals surface area contributed by atoms with Crippen LogP contribution in [0.3, 0.4) is 0 Å². The van der Waals surface area contributed by atoms with Crippen LogP contribution in [0.2, 0.25) is 0 Å². The molecule has 3 rings (SSSR count). The van der Waals surface area contributed by atoms with Crippen LogP contribution in [-0.2, 0) is 57.8 Å². The Bertz CT molecular complexity index is 1090. The van der Waals surface area contributed by atoms with E-state index in [0.29, 0.717) is 0 Å². The molecule has 0 radical (unpaired) electrons. The molecular weight excluding hydrogens is 1710 g/mol. The van der Waals surface area contributed by atoms with Crippen molar-refractivity contribution < 1.29 is 57.8 Å². The Hall–Kier alpha value is 3.97.